The summed E-state index contributed by atoms with van der Waals surface area (Å²) in [6.45, 7) is 12.0. The number of esters is 1. The maximum atomic E-state index is 11.9. The van der Waals surface area contributed by atoms with Crippen LogP contribution in [0.3, 0.4) is 0 Å². The van der Waals surface area contributed by atoms with Gasteiger partial charge in [-0.1, -0.05) is 38.8 Å². The number of hydrogen-bond acceptors (Lipinski definition) is 5. The molecule has 0 aliphatic carbocycles. The molecule has 0 aliphatic heterocycles. The molecule has 6 heteroatoms. The van der Waals surface area contributed by atoms with Gasteiger partial charge in [0.25, 0.3) is 0 Å². The van der Waals surface area contributed by atoms with E-state index in [0.29, 0.717) is 40.0 Å². The molecule has 0 bridgehead atoms. The van der Waals surface area contributed by atoms with Crippen molar-refractivity contribution in [1.29, 1.82) is 0 Å². The number of hydrogen-bond donors (Lipinski definition) is 0. The van der Waals surface area contributed by atoms with Crippen molar-refractivity contribution >= 4 is 28.3 Å². The second-order valence-corrected chi connectivity index (χ2v) is 7.91. The summed E-state index contributed by atoms with van der Waals surface area (Å²) in [5, 5.41) is 1.97. The van der Waals surface area contributed by atoms with E-state index in [4.69, 9.17) is 30.5 Å². The van der Waals surface area contributed by atoms with Gasteiger partial charge >= 0.3 is 5.97 Å². The van der Waals surface area contributed by atoms with Crippen molar-refractivity contribution in [1.82, 2.24) is 0 Å². The van der Waals surface area contributed by atoms with Crippen LogP contribution in [-0.2, 0) is 4.79 Å². The van der Waals surface area contributed by atoms with E-state index in [1.54, 1.807) is 6.07 Å². The monoisotopic (exact) mass is 436 g/mol. The van der Waals surface area contributed by atoms with Crippen LogP contribution in [0.2, 0.25) is 5.02 Å². The highest BCUT2D eigenvalue weighted by Crippen LogP contribution is 2.52. The van der Waals surface area contributed by atoms with Crippen LogP contribution in [0.15, 0.2) is 18.2 Å². The number of unbranched alkanes of at least 4 members (excludes halogenated alkanes) is 1. The van der Waals surface area contributed by atoms with Gasteiger partial charge in [0, 0.05) is 22.7 Å². The zero-order chi connectivity index (χ0) is 22.3. The molecule has 2 aromatic carbocycles. The van der Waals surface area contributed by atoms with Crippen molar-refractivity contribution in [3.8, 4) is 23.0 Å². The van der Waals surface area contributed by atoms with E-state index in [2.05, 4.69) is 6.92 Å². The molecule has 0 saturated carbocycles. The summed E-state index contributed by atoms with van der Waals surface area (Å²) in [5.41, 5.74) is 0. The fraction of sp³-hybridized carbons (Fsp3) is 0.542. The molecule has 0 radical (unpaired) electrons. The Bertz CT molecular complexity index is 865. The van der Waals surface area contributed by atoms with E-state index in [1.165, 1.54) is 6.92 Å². The van der Waals surface area contributed by atoms with Gasteiger partial charge in [-0.05, 0) is 51.3 Å². The summed E-state index contributed by atoms with van der Waals surface area (Å²) < 4.78 is 24.4. The van der Waals surface area contributed by atoms with Crippen LogP contribution in [0.4, 0.5) is 0 Å². The molecule has 0 N–H and O–H groups in total. The molecule has 2 rings (SSSR count). The molecule has 0 amide bonds. The second kappa shape index (κ2) is 11.3. The lowest BCUT2D eigenvalue weighted by Crippen LogP contribution is -2.17. The summed E-state index contributed by atoms with van der Waals surface area (Å²) in [7, 11) is 0. The lowest BCUT2D eigenvalue weighted by atomic mass is 10.1. The summed E-state index contributed by atoms with van der Waals surface area (Å²) in [6, 6.07) is 5.38. The van der Waals surface area contributed by atoms with Gasteiger partial charge in [0.15, 0.2) is 11.5 Å². The Balaban J connectivity index is 2.85. The molecule has 2 atom stereocenters. The zero-order valence-corrected chi connectivity index (χ0v) is 19.6. The summed E-state index contributed by atoms with van der Waals surface area (Å²) in [5.74, 6) is 1.30. The Labute approximate surface area is 184 Å². The largest absolute Gasteiger partial charge is 0.489 e. The van der Waals surface area contributed by atoms with Crippen molar-refractivity contribution in [2.24, 2.45) is 0 Å². The molecule has 0 fully saturated rings. The first-order valence-electron chi connectivity index (χ1n) is 10.8. The molecular weight excluding hydrogens is 404 g/mol. The smallest absolute Gasteiger partial charge is 0.308 e. The molecule has 5 nitrogen and oxygen atoms in total. The van der Waals surface area contributed by atoms with E-state index in [0.717, 1.165) is 31.1 Å². The predicted molar refractivity (Wildman–Crippen MR) is 121 cm³/mol. The van der Waals surface area contributed by atoms with Gasteiger partial charge < -0.3 is 18.9 Å². The molecule has 0 spiro atoms. The third-order valence-corrected chi connectivity index (χ3v) is 5.10. The second-order valence-electron chi connectivity index (χ2n) is 7.48. The predicted octanol–water partition coefficient (Wildman–Crippen LogP) is 6.95. The number of halogens is 1. The lowest BCUT2D eigenvalue weighted by Gasteiger charge is -2.25. The molecule has 0 aromatic heterocycles. The van der Waals surface area contributed by atoms with Gasteiger partial charge in [-0.2, -0.15) is 0 Å². The van der Waals surface area contributed by atoms with Crippen molar-refractivity contribution < 1.29 is 23.7 Å². The first-order valence-corrected chi connectivity index (χ1v) is 11.1. The average Bonchev–Trinajstić information content (AvgIpc) is 2.71. The van der Waals surface area contributed by atoms with Crippen LogP contribution >= 0.6 is 11.6 Å². The van der Waals surface area contributed by atoms with Crippen LogP contribution in [0.5, 0.6) is 23.0 Å². The first kappa shape index (κ1) is 24.1. The number of carbonyl (C=O) groups excluding carboxylic acids is 1. The normalized spacial score (nSPS) is 13.0. The fourth-order valence-electron chi connectivity index (χ4n) is 2.84. The Morgan fingerprint density at radius 1 is 0.933 bits per heavy atom. The van der Waals surface area contributed by atoms with Gasteiger partial charge in [0.05, 0.1) is 18.8 Å². The summed E-state index contributed by atoms with van der Waals surface area (Å²) in [4.78, 5) is 11.9. The minimum atomic E-state index is -0.436. The van der Waals surface area contributed by atoms with Crippen LogP contribution in [0, 0.1) is 0 Å². The quantitative estimate of drug-likeness (QED) is 0.216. The number of rotatable bonds is 11. The topological polar surface area (TPSA) is 54.0 Å². The number of carbonyl (C=O) groups is 1. The van der Waals surface area contributed by atoms with Crippen molar-refractivity contribution in [3.05, 3.63) is 23.2 Å². The van der Waals surface area contributed by atoms with Crippen molar-refractivity contribution in [2.45, 2.75) is 79.4 Å². The Kier molecular flexibility index (Phi) is 9.09. The van der Waals surface area contributed by atoms with Crippen LogP contribution < -0.4 is 18.9 Å². The Morgan fingerprint density at radius 2 is 1.53 bits per heavy atom. The minimum absolute atomic E-state index is 0.0837. The highest BCUT2D eigenvalue weighted by molar-refractivity contribution is 6.31. The van der Waals surface area contributed by atoms with Crippen molar-refractivity contribution in [2.75, 3.05) is 6.61 Å². The summed E-state index contributed by atoms with van der Waals surface area (Å²) in [6.07, 6.45) is 3.30. The van der Waals surface area contributed by atoms with E-state index in [-0.39, 0.29) is 12.2 Å². The van der Waals surface area contributed by atoms with Crippen molar-refractivity contribution in [3.63, 3.8) is 0 Å². The molecule has 166 valence electrons. The fourth-order valence-corrected chi connectivity index (χ4v) is 3.02. The standard InChI is InChI=1S/C24H33ClO5/c1-7-10-13-27-21-20-14-18(25)11-12-19(20)22(30-17(6)26)24(29-16(5)9-3)23(21)28-15(4)8-2/h11-12,14-16H,7-10,13H2,1-6H3. The molecule has 0 heterocycles. The van der Waals surface area contributed by atoms with Crippen LogP contribution in [0.1, 0.15) is 67.2 Å². The number of ether oxygens (including phenoxy) is 4. The SMILES string of the molecule is CCCCOc1c(OC(C)CC)c(OC(C)CC)c(OC(C)=O)c2ccc(Cl)cc12. The highest BCUT2D eigenvalue weighted by atomic mass is 35.5. The maximum Gasteiger partial charge on any atom is 0.308 e. The van der Waals surface area contributed by atoms with Crippen LogP contribution in [-0.4, -0.2) is 24.8 Å². The van der Waals surface area contributed by atoms with Gasteiger partial charge in [0.2, 0.25) is 11.5 Å². The molecule has 2 unspecified atom stereocenters. The van der Waals surface area contributed by atoms with Gasteiger partial charge in [-0.25, -0.2) is 0 Å². The molecule has 0 aliphatic rings. The van der Waals surface area contributed by atoms with E-state index >= 15 is 0 Å². The Morgan fingerprint density at radius 3 is 2.07 bits per heavy atom. The van der Waals surface area contributed by atoms with Gasteiger partial charge in [-0.3, -0.25) is 4.79 Å². The molecule has 2 aromatic rings. The first-order chi connectivity index (χ1) is 14.3. The summed E-state index contributed by atoms with van der Waals surface area (Å²) >= 11 is 6.31. The lowest BCUT2D eigenvalue weighted by molar-refractivity contribution is -0.131. The third kappa shape index (κ3) is 5.94. The maximum absolute atomic E-state index is 11.9. The average molecular weight is 437 g/mol. The minimum Gasteiger partial charge on any atom is -0.489 e. The third-order valence-electron chi connectivity index (χ3n) is 4.87. The number of fused-ring (bicyclic) bond motifs is 1. The van der Waals surface area contributed by atoms with E-state index < -0.39 is 5.97 Å². The van der Waals surface area contributed by atoms with Gasteiger partial charge in [0.1, 0.15) is 0 Å². The van der Waals surface area contributed by atoms with E-state index in [1.807, 2.05) is 39.8 Å². The van der Waals surface area contributed by atoms with Crippen LogP contribution in [0.25, 0.3) is 10.8 Å². The molecule has 30 heavy (non-hydrogen) atoms. The Hall–Kier alpha value is -2.14. The van der Waals surface area contributed by atoms with Gasteiger partial charge in [-0.15, -0.1) is 0 Å². The highest BCUT2D eigenvalue weighted by Gasteiger charge is 2.28. The number of benzene rings is 2. The molecular formula is C24H33ClO5. The zero-order valence-electron chi connectivity index (χ0n) is 18.8. The van der Waals surface area contributed by atoms with E-state index in [9.17, 15) is 4.79 Å². The molecule has 0 saturated heterocycles.